The molecular weight excluding hydrogens is 1200 g/mol. The van der Waals surface area contributed by atoms with Gasteiger partial charge in [-0.1, -0.05) is 36.4 Å². The fraction of sp³-hybridized carbons (Fsp3) is 0.412. The van der Waals surface area contributed by atoms with E-state index in [1.165, 1.54) is 36.4 Å². The topological polar surface area (TPSA) is 488 Å². The predicted octanol–water partition coefficient (Wildman–Crippen LogP) is 1.43. The zero-order chi connectivity index (χ0) is 64.7. The van der Waals surface area contributed by atoms with E-state index in [0.29, 0.717) is 0 Å². The van der Waals surface area contributed by atoms with Crippen LogP contribution in [0.1, 0.15) is 82.4 Å². The largest absolute Gasteiger partial charge is 0.463 e. The van der Waals surface area contributed by atoms with E-state index < -0.39 is 174 Å². The van der Waals surface area contributed by atoms with Crippen LogP contribution < -0.4 is 14.2 Å². The molecule has 1 N–H and O–H groups in total. The monoisotopic (exact) mass is 1250 g/mol. The molecule has 476 valence electrons. The minimum Gasteiger partial charge on any atom is -0.463 e. The van der Waals surface area contributed by atoms with Crippen LogP contribution in [-0.4, -0.2) is 172 Å². The average Bonchev–Trinajstić information content (AvgIpc) is 3.70. The summed E-state index contributed by atoms with van der Waals surface area (Å²) in [4.78, 5) is 200. The van der Waals surface area contributed by atoms with E-state index >= 15 is 0 Å². The molecule has 0 bridgehead atoms. The molecule has 0 aromatic heterocycles. The third-order valence-corrected chi connectivity index (χ3v) is 10.2. The highest BCUT2D eigenvalue weighted by atomic mass is 17.3. The van der Waals surface area contributed by atoms with Gasteiger partial charge in [-0.25, -0.2) is 47.9 Å². The minimum atomic E-state index is -3.39. The van der Waals surface area contributed by atoms with Crippen LogP contribution in [0.15, 0.2) is 78.1 Å². The summed E-state index contributed by atoms with van der Waals surface area (Å²) < 4.78 is 59.2. The van der Waals surface area contributed by atoms with Crippen LogP contribution in [0, 0.1) is 25.1 Å². The van der Waals surface area contributed by atoms with Gasteiger partial charge in [0.1, 0.15) is 33.9 Å². The molecule has 0 aliphatic heterocycles. The molecule has 3 aromatic carbocycles. The Balaban J connectivity index is 1.67. The second kappa shape index (κ2) is 39.5. The quantitative estimate of drug-likeness (QED) is 0.0122. The summed E-state index contributed by atoms with van der Waals surface area (Å²) in [5, 5.41) is 32.0. The maximum Gasteiger partial charge on any atom is 0.349 e. The first-order valence-corrected chi connectivity index (χ1v) is 25.3. The molecule has 0 spiro atoms. The zero-order valence-electron chi connectivity index (χ0n) is 45.8. The summed E-state index contributed by atoms with van der Waals surface area (Å²) in [6.45, 7) is -7.94. The number of carbonyl (C=O) groups excluding carboxylic acids is 12. The van der Waals surface area contributed by atoms with Crippen molar-refractivity contribution in [1.82, 2.24) is 0 Å². The molecule has 0 amide bonds. The SMILES string of the molecule is O=NOOCCCCOC(=O)COC(=O)c1ccccc1OC(=O)COC(=O)CC(O)(CC(=O)OCC(=O)Oc1ccccc1C(=O)OCC(=O)OCCCCO[N+](=O)[O-])C(=O)OCC(=O)Oc1ccccc1C(=O)OCC(=O)OCCCCO[N+](=O)[O-]. The first kappa shape index (κ1) is 71.3. The molecule has 0 aliphatic carbocycles. The van der Waals surface area contributed by atoms with Gasteiger partial charge in [0.15, 0.2) is 50.6 Å². The van der Waals surface area contributed by atoms with Gasteiger partial charge < -0.3 is 71.6 Å². The Morgan fingerprint density at radius 3 is 1.05 bits per heavy atom. The van der Waals surface area contributed by atoms with Crippen LogP contribution in [-0.2, 0) is 105 Å². The van der Waals surface area contributed by atoms with E-state index in [0.717, 1.165) is 36.4 Å². The standard InChI is InChI=1S/C51H53N3O34/c55-39(76-30-44(60)85-36-16-4-1-13-33(36)47(63)78-27-41(57)73-19-7-10-22-82-53(69)70)25-51(67,50(66)81-32-46(62)87-38-18-6-3-15-35(38)49(65)79-28-42(58)74-20-8-11-23-83-54(71)72)26-40(56)77-31-45(61)86-37-17-5-2-14-34(37)48(64)80-29-43(59)75-21-9-12-24-84-88-52-68/h1-6,13-18,67H,7-12,19-32H2. The molecule has 37 heteroatoms. The minimum absolute atomic E-state index is 0.0491. The van der Waals surface area contributed by atoms with Gasteiger partial charge in [0.05, 0.1) is 52.5 Å². The summed E-state index contributed by atoms with van der Waals surface area (Å²) in [5.41, 5.74) is -4.69. The molecule has 1 unspecified atom stereocenters. The molecule has 3 rings (SSSR count). The normalized spacial score (nSPS) is 11.0. The summed E-state index contributed by atoms with van der Waals surface area (Å²) in [5.74, 6) is -17.7. The smallest absolute Gasteiger partial charge is 0.349 e. The predicted molar refractivity (Wildman–Crippen MR) is 273 cm³/mol. The molecule has 0 aliphatic rings. The second-order valence-corrected chi connectivity index (χ2v) is 16.8. The van der Waals surface area contributed by atoms with Crippen molar-refractivity contribution >= 4 is 71.6 Å². The Bertz CT molecular complexity index is 2950. The van der Waals surface area contributed by atoms with Crippen molar-refractivity contribution in [3.63, 3.8) is 0 Å². The summed E-state index contributed by atoms with van der Waals surface area (Å²) in [7, 11) is 0. The van der Waals surface area contributed by atoms with Gasteiger partial charge in [-0.05, 0) is 74.9 Å². The molecule has 88 heavy (non-hydrogen) atoms. The Morgan fingerprint density at radius 2 is 0.705 bits per heavy atom. The molecule has 37 nitrogen and oxygen atoms in total. The third-order valence-electron chi connectivity index (χ3n) is 10.2. The van der Waals surface area contributed by atoms with Crippen molar-refractivity contribution in [2.24, 2.45) is 5.34 Å². The van der Waals surface area contributed by atoms with Gasteiger partial charge in [0.25, 0.3) is 10.2 Å². The van der Waals surface area contributed by atoms with Gasteiger partial charge in [-0.2, -0.15) is 9.88 Å². The van der Waals surface area contributed by atoms with E-state index in [1.807, 2.05) is 5.34 Å². The maximum atomic E-state index is 13.5. The fourth-order valence-corrected chi connectivity index (χ4v) is 6.25. The number of esters is 12. The van der Waals surface area contributed by atoms with E-state index in [1.54, 1.807) is 0 Å². The number of aliphatic hydroxyl groups is 1. The van der Waals surface area contributed by atoms with E-state index in [4.69, 9.17) is 56.8 Å². The Kier molecular flexibility index (Phi) is 32.0. The first-order chi connectivity index (χ1) is 42.1. The molecule has 0 heterocycles. The third kappa shape index (κ3) is 29.0. The zero-order valence-corrected chi connectivity index (χ0v) is 45.8. The van der Waals surface area contributed by atoms with Crippen LogP contribution in [0.25, 0.3) is 0 Å². The summed E-state index contributed by atoms with van der Waals surface area (Å²) in [6, 6.07) is 14.4. The molecular formula is C51H53N3O34. The Labute approximate surface area is 493 Å². The van der Waals surface area contributed by atoms with Crippen molar-refractivity contribution in [2.75, 3.05) is 79.3 Å². The Morgan fingerprint density at radius 1 is 0.398 bits per heavy atom. The number of rotatable bonds is 42. The van der Waals surface area contributed by atoms with Gasteiger partial charge in [0.2, 0.25) is 0 Å². The lowest BCUT2D eigenvalue weighted by molar-refractivity contribution is -0.757. The number of unbranched alkanes of at least 4 members (excludes halogenated alkanes) is 3. The van der Waals surface area contributed by atoms with Crippen LogP contribution in [0.5, 0.6) is 17.2 Å². The summed E-state index contributed by atoms with van der Waals surface area (Å²) >= 11 is 0. The van der Waals surface area contributed by atoms with Crippen LogP contribution in [0.2, 0.25) is 0 Å². The van der Waals surface area contributed by atoms with E-state index in [2.05, 4.69) is 19.6 Å². The first-order valence-electron chi connectivity index (χ1n) is 25.3. The van der Waals surface area contributed by atoms with E-state index in [9.17, 15) is 87.8 Å². The van der Waals surface area contributed by atoms with Gasteiger partial charge in [-0.3, -0.25) is 9.59 Å². The van der Waals surface area contributed by atoms with Crippen molar-refractivity contribution in [3.8, 4) is 17.2 Å². The number of ether oxygens (including phenoxy) is 12. The molecule has 0 fully saturated rings. The van der Waals surface area contributed by atoms with Crippen molar-refractivity contribution in [3.05, 3.63) is 115 Å². The van der Waals surface area contributed by atoms with Gasteiger partial charge in [-0.15, -0.1) is 25.1 Å². The average molecular weight is 1250 g/mol. The lowest BCUT2D eigenvalue weighted by Gasteiger charge is -2.24. The Hall–Kier alpha value is -11.0. The molecule has 0 radical (unpaired) electrons. The van der Waals surface area contributed by atoms with E-state index in [-0.39, 0.29) is 78.2 Å². The van der Waals surface area contributed by atoms with Crippen LogP contribution in [0.3, 0.4) is 0 Å². The second-order valence-electron chi connectivity index (χ2n) is 16.8. The number of para-hydroxylation sites is 3. The van der Waals surface area contributed by atoms with Crippen molar-refractivity contribution in [1.29, 1.82) is 0 Å². The summed E-state index contributed by atoms with van der Waals surface area (Å²) in [6.07, 6.45) is -1.98. The lowest BCUT2D eigenvalue weighted by Crippen LogP contribution is -2.46. The van der Waals surface area contributed by atoms with Gasteiger partial charge in [0, 0.05) is 0 Å². The highest BCUT2D eigenvalue weighted by Crippen LogP contribution is 2.24. The highest BCUT2D eigenvalue weighted by Gasteiger charge is 2.44. The highest BCUT2D eigenvalue weighted by molar-refractivity contribution is 5.97. The van der Waals surface area contributed by atoms with Gasteiger partial charge >= 0.3 is 71.6 Å². The van der Waals surface area contributed by atoms with Crippen molar-refractivity contribution < 1.29 is 149 Å². The van der Waals surface area contributed by atoms with Crippen LogP contribution >= 0.6 is 0 Å². The number of nitrogens with zero attached hydrogens (tertiary/aromatic N) is 3. The van der Waals surface area contributed by atoms with Crippen LogP contribution in [0.4, 0.5) is 0 Å². The molecule has 3 aromatic rings. The van der Waals surface area contributed by atoms with Crippen molar-refractivity contribution in [2.45, 2.75) is 57.0 Å². The number of benzene rings is 3. The molecule has 1 atom stereocenters. The lowest BCUT2D eigenvalue weighted by atomic mass is 9.95. The fourth-order valence-electron chi connectivity index (χ4n) is 6.25. The number of hydrogen-bond acceptors (Lipinski definition) is 35. The molecule has 0 saturated heterocycles. The molecule has 0 saturated carbocycles. The maximum absolute atomic E-state index is 13.5. The number of carbonyl (C=O) groups is 12. The number of hydrogen-bond donors (Lipinski definition) is 1.